The lowest BCUT2D eigenvalue weighted by Crippen LogP contribution is -2.44. The number of fused-ring (bicyclic) bond motifs is 1. The molecule has 1 atom stereocenters. The molecular weight excluding hydrogens is 541 g/mol. The Hall–Kier alpha value is -3.64. The second-order valence-corrected chi connectivity index (χ2v) is 11.2. The number of nitrogens with zero attached hydrogens (tertiary/aromatic N) is 8. The number of anilines is 1. The molecule has 12 heteroatoms. The highest BCUT2D eigenvalue weighted by atomic mass is 32.1. The number of thiophene rings is 1. The number of imidazole rings is 1. The molecule has 4 aromatic heterocycles. The van der Waals surface area contributed by atoms with Crippen LogP contribution in [0.1, 0.15) is 56.9 Å². The zero-order valence-corrected chi connectivity index (χ0v) is 25.2. The smallest absolute Gasteiger partial charge is 0.281 e. The molecule has 218 valence electrons. The summed E-state index contributed by atoms with van der Waals surface area (Å²) in [4.78, 5) is 36.4. The van der Waals surface area contributed by atoms with Crippen LogP contribution in [-0.4, -0.2) is 54.3 Å². The Balaban J connectivity index is 1.81. The lowest BCUT2D eigenvalue weighted by atomic mass is 10.1. The first kappa shape index (κ1) is 28.9. The summed E-state index contributed by atoms with van der Waals surface area (Å²) in [6, 6.07) is 1.46. The topological polar surface area (TPSA) is 112 Å². The summed E-state index contributed by atoms with van der Waals surface area (Å²) in [5.41, 5.74) is 8.37. The van der Waals surface area contributed by atoms with Gasteiger partial charge in [-0.3, -0.25) is 23.5 Å². The number of hydrogen-bond donors (Lipinski definition) is 1. The second kappa shape index (κ2) is 12.1. The minimum Gasteiger partial charge on any atom is -0.341 e. The van der Waals surface area contributed by atoms with Crippen molar-refractivity contribution in [2.24, 2.45) is 10.7 Å². The third-order valence-corrected chi connectivity index (χ3v) is 8.42. The van der Waals surface area contributed by atoms with E-state index in [4.69, 9.17) is 25.7 Å². The normalized spacial score (nSPS) is 17.4. The molecule has 1 fully saturated rings. The standard InChI is InChI=1S/C29H38FN9OS/c1-6-20-18(5)33-24(34-22(20)7-2)17-39-27(40)25-26(37(9-4)28(39)32-8-3)35-29(36-13-10-11-19(31)15-36)38(25)16-23-21(30)12-14-41-23/h6-7,12,14,19H,8-11,13,15-17,31H2,1-5H3/b20-6-,22-7+,32-28?. The van der Waals surface area contributed by atoms with Gasteiger partial charge in [-0.2, -0.15) is 4.98 Å². The van der Waals surface area contributed by atoms with Gasteiger partial charge in [0.2, 0.25) is 11.6 Å². The first-order valence-corrected chi connectivity index (χ1v) is 15.1. The van der Waals surface area contributed by atoms with Crippen molar-refractivity contribution in [3.8, 4) is 0 Å². The van der Waals surface area contributed by atoms with Crippen molar-refractivity contribution in [1.29, 1.82) is 0 Å². The minimum atomic E-state index is -0.292. The number of hydrogen-bond acceptors (Lipinski definition) is 8. The summed E-state index contributed by atoms with van der Waals surface area (Å²) < 4.78 is 20.2. The molecular formula is C29H38FN9OS. The molecule has 41 heavy (non-hydrogen) atoms. The SMILES string of the molecule is C/C=c1/c(C)nc(Cn2c(=O)c3c(nc(N4CCCC(N)C4)n3Cc3sccc3F)n(CC)c2=NCC)n/c1=C/C. The van der Waals surface area contributed by atoms with E-state index in [0.717, 1.165) is 35.6 Å². The molecule has 0 radical (unpaired) electrons. The van der Waals surface area contributed by atoms with Crippen LogP contribution in [0.2, 0.25) is 0 Å². The highest BCUT2D eigenvalue weighted by molar-refractivity contribution is 7.09. The molecule has 1 unspecified atom stereocenters. The second-order valence-electron chi connectivity index (χ2n) is 10.2. The van der Waals surface area contributed by atoms with Gasteiger partial charge in [0, 0.05) is 43.1 Å². The Labute approximate surface area is 242 Å². The molecule has 0 aromatic carbocycles. The zero-order chi connectivity index (χ0) is 29.3. The van der Waals surface area contributed by atoms with E-state index in [0.29, 0.717) is 53.1 Å². The van der Waals surface area contributed by atoms with Crippen molar-refractivity contribution in [3.63, 3.8) is 0 Å². The molecule has 0 amide bonds. The van der Waals surface area contributed by atoms with E-state index in [2.05, 4.69) is 4.90 Å². The van der Waals surface area contributed by atoms with Gasteiger partial charge >= 0.3 is 0 Å². The van der Waals surface area contributed by atoms with Crippen molar-refractivity contribution in [3.05, 3.63) is 60.2 Å². The van der Waals surface area contributed by atoms with E-state index >= 15 is 0 Å². The summed E-state index contributed by atoms with van der Waals surface area (Å²) >= 11 is 1.33. The van der Waals surface area contributed by atoms with E-state index < -0.39 is 0 Å². The molecule has 10 nitrogen and oxygen atoms in total. The number of aromatic nitrogens is 6. The van der Waals surface area contributed by atoms with E-state index in [1.807, 2.05) is 55.9 Å². The van der Waals surface area contributed by atoms with Crippen LogP contribution in [0.4, 0.5) is 10.3 Å². The maximum Gasteiger partial charge on any atom is 0.281 e. The third kappa shape index (κ3) is 5.38. The zero-order valence-electron chi connectivity index (χ0n) is 24.4. The monoisotopic (exact) mass is 579 g/mol. The van der Waals surface area contributed by atoms with Crippen molar-refractivity contribution in [2.75, 3.05) is 24.5 Å². The predicted molar refractivity (Wildman–Crippen MR) is 162 cm³/mol. The van der Waals surface area contributed by atoms with Crippen LogP contribution in [0.25, 0.3) is 23.3 Å². The Morgan fingerprint density at radius 1 is 1.15 bits per heavy atom. The number of aryl methyl sites for hydroxylation is 2. The molecule has 1 saturated heterocycles. The number of piperidine rings is 1. The van der Waals surface area contributed by atoms with Gasteiger partial charge in [-0.15, -0.1) is 11.3 Å². The van der Waals surface area contributed by atoms with Gasteiger partial charge in [-0.25, -0.2) is 14.4 Å². The van der Waals surface area contributed by atoms with Gasteiger partial charge in [0.25, 0.3) is 5.56 Å². The first-order valence-electron chi connectivity index (χ1n) is 14.2. The summed E-state index contributed by atoms with van der Waals surface area (Å²) in [6.45, 7) is 12.5. The summed E-state index contributed by atoms with van der Waals surface area (Å²) in [6.07, 6.45) is 5.79. The van der Waals surface area contributed by atoms with Crippen molar-refractivity contribution < 1.29 is 4.39 Å². The number of rotatable bonds is 7. The fraction of sp³-hybridized carbons (Fsp3) is 0.483. The molecule has 4 aromatic rings. The lowest BCUT2D eigenvalue weighted by molar-refractivity contribution is 0.495. The molecule has 0 bridgehead atoms. The molecule has 5 rings (SSSR count). The number of halogens is 1. The van der Waals surface area contributed by atoms with Crippen LogP contribution in [0.3, 0.4) is 0 Å². The van der Waals surface area contributed by atoms with Gasteiger partial charge in [0.15, 0.2) is 11.2 Å². The van der Waals surface area contributed by atoms with Gasteiger partial charge in [-0.1, -0.05) is 12.2 Å². The molecule has 5 heterocycles. The van der Waals surface area contributed by atoms with Crippen LogP contribution in [0.5, 0.6) is 0 Å². The summed E-state index contributed by atoms with van der Waals surface area (Å²) in [5, 5.41) is 3.52. The van der Waals surface area contributed by atoms with Crippen LogP contribution >= 0.6 is 11.3 Å². The molecule has 0 saturated carbocycles. The largest absolute Gasteiger partial charge is 0.341 e. The average Bonchev–Trinajstić information content (AvgIpc) is 3.54. The predicted octanol–water partition coefficient (Wildman–Crippen LogP) is 1.86. The Kier molecular flexibility index (Phi) is 8.50. The maximum atomic E-state index is 14.7. The van der Waals surface area contributed by atoms with Crippen molar-refractivity contribution >= 4 is 40.6 Å². The van der Waals surface area contributed by atoms with E-state index in [1.165, 1.54) is 17.4 Å². The summed E-state index contributed by atoms with van der Waals surface area (Å²) in [7, 11) is 0. The third-order valence-electron chi connectivity index (χ3n) is 7.54. The highest BCUT2D eigenvalue weighted by Crippen LogP contribution is 2.26. The van der Waals surface area contributed by atoms with Crippen molar-refractivity contribution in [2.45, 2.75) is 73.1 Å². The maximum absolute atomic E-state index is 14.7. The van der Waals surface area contributed by atoms with E-state index in [-0.39, 0.29) is 30.5 Å². The van der Waals surface area contributed by atoms with E-state index in [9.17, 15) is 9.18 Å². The van der Waals surface area contributed by atoms with Crippen LogP contribution in [-0.2, 0) is 19.6 Å². The quantitative estimate of drug-likeness (QED) is 0.358. The molecule has 0 aliphatic carbocycles. The fourth-order valence-electron chi connectivity index (χ4n) is 5.65. The summed E-state index contributed by atoms with van der Waals surface area (Å²) in [5.74, 6) is 0.857. The van der Waals surface area contributed by atoms with Crippen LogP contribution in [0, 0.1) is 12.7 Å². The molecule has 1 aliphatic heterocycles. The average molecular weight is 580 g/mol. The van der Waals surface area contributed by atoms with Gasteiger partial charge in [0.05, 0.1) is 23.3 Å². The first-order chi connectivity index (χ1) is 19.8. The minimum absolute atomic E-state index is 0.00406. The van der Waals surface area contributed by atoms with Crippen molar-refractivity contribution in [1.82, 2.24) is 28.7 Å². The molecule has 0 spiro atoms. The van der Waals surface area contributed by atoms with Crippen LogP contribution < -0.4 is 32.4 Å². The highest BCUT2D eigenvalue weighted by Gasteiger charge is 2.27. The Morgan fingerprint density at radius 3 is 2.59 bits per heavy atom. The Morgan fingerprint density at radius 2 is 1.95 bits per heavy atom. The van der Waals surface area contributed by atoms with Gasteiger partial charge in [-0.05, 0) is 58.9 Å². The molecule has 2 N–H and O–H groups in total. The Bertz CT molecular complexity index is 1830. The van der Waals surface area contributed by atoms with Gasteiger partial charge in [0.1, 0.15) is 11.6 Å². The number of nitrogens with two attached hydrogens (primary N) is 1. The molecule has 1 aliphatic rings. The fourth-order valence-corrected chi connectivity index (χ4v) is 6.39. The van der Waals surface area contributed by atoms with Crippen LogP contribution in [0.15, 0.2) is 21.2 Å². The van der Waals surface area contributed by atoms with E-state index in [1.54, 1.807) is 9.95 Å². The lowest BCUT2D eigenvalue weighted by Gasteiger charge is -2.31. The van der Waals surface area contributed by atoms with Gasteiger partial charge < -0.3 is 10.6 Å².